The van der Waals surface area contributed by atoms with Crippen LogP contribution in [0.5, 0.6) is 5.75 Å². The van der Waals surface area contributed by atoms with E-state index in [9.17, 15) is 4.79 Å². The fraction of sp³-hybridized carbons (Fsp3) is 0.0952. The monoisotopic (exact) mass is 487 g/mol. The van der Waals surface area contributed by atoms with Crippen molar-refractivity contribution in [3.63, 3.8) is 0 Å². The van der Waals surface area contributed by atoms with Crippen LogP contribution in [-0.2, 0) is 11.3 Å². The lowest BCUT2D eigenvalue weighted by atomic mass is 10.2. The molecule has 0 unspecified atom stereocenters. The number of halogens is 2. The third-order valence-electron chi connectivity index (χ3n) is 4.11. The molecule has 0 atom stereocenters. The van der Waals surface area contributed by atoms with Gasteiger partial charge in [0.2, 0.25) is 0 Å². The molecular formula is C21H15BrClN3O2S. The third-order valence-corrected chi connectivity index (χ3v) is 5.90. The van der Waals surface area contributed by atoms with Crippen molar-refractivity contribution in [2.24, 2.45) is 0 Å². The Balaban J connectivity index is 1.59. The van der Waals surface area contributed by atoms with Gasteiger partial charge in [0.25, 0.3) is 5.91 Å². The second-order valence-electron chi connectivity index (χ2n) is 6.19. The van der Waals surface area contributed by atoms with E-state index >= 15 is 0 Å². The summed E-state index contributed by atoms with van der Waals surface area (Å²) in [6, 6.07) is 16.5. The predicted molar refractivity (Wildman–Crippen MR) is 120 cm³/mol. The van der Waals surface area contributed by atoms with Crippen molar-refractivity contribution < 1.29 is 9.53 Å². The SMILES string of the molecule is O=C(COc1ccc(Cl)cc1)N(Cc1cccnc1)c1nc2ccc(Br)cc2s1. The van der Waals surface area contributed by atoms with E-state index in [0.29, 0.717) is 22.4 Å². The van der Waals surface area contributed by atoms with Crippen molar-refractivity contribution >= 4 is 60.1 Å². The van der Waals surface area contributed by atoms with Crippen molar-refractivity contribution in [2.75, 3.05) is 11.5 Å². The number of thiazole rings is 1. The molecule has 0 bridgehead atoms. The smallest absolute Gasteiger partial charge is 0.267 e. The number of carbonyl (C=O) groups is 1. The van der Waals surface area contributed by atoms with E-state index in [1.165, 1.54) is 11.3 Å². The topological polar surface area (TPSA) is 55.3 Å². The highest BCUT2D eigenvalue weighted by Crippen LogP contribution is 2.32. The minimum Gasteiger partial charge on any atom is -0.484 e. The molecule has 0 saturated heterocycles. The number of aromatic nitrogens is 2. The maximum atomic E-state index is 13.0. The normalized spacial score (nSPS) is 10.8. The summed E-state index contributed by atoms with van der Waals surface area (Å²) in [5.74, 6) is 0.388. The summed E-state index contributed by atoms with van der Waals surface area (Å²) in [7, 11) is 0. The van der Waals surface area contributed by atoms with Crippen LogP contribution in [0.4, 0.5) is 5.13 Å². The van der Waals surface area contributed by atoms with Crippen molar-refractivity contribution in [1.82, 2.24) is 9.97 Å². The second kappa shape index (κ2) is 8.90. The van der Waals surface area contributed by atoms with Crippen LogP contribution in [0.2, 0.25) is 5.02 Å². The van der Waals surface area contributed by atoms with E-state index in [4.69, 9.17) is 16.3 Å². The van der Waals surface area contributed by atoms with Crippen molar-refractivity contribution in [3.05, 3.63) is 82.0 Å². The molecule has 29 heavy (non-hydrogen) atoms. The van der Waals surface area contributed by atoms with Gasteiger partial charge in [0.05, 0.1) is 16.8 Å². The van der Waals surface area contributed by atoms with E-state index in [1.54, 1.807) is 41.6 Å². The Labute approximate surface area is 185 Å². The number of amides is 1. The number of pyridine rings is 1. The first kappa shape index (κ1) is 19.8. The zero-order valence-electron chi connectivity index (χ0n) is 15.1. The van der Waals surface area contributed by atoms with Gasteiger partial charge in [-0.05, 0) is 54.1 Å². The molecule has 4 aromatic rings. The highest BCUT2D eigenvalue weighted by atomic mass is 79.9. The van der Waals surface area contributed by atoms with Crippen LogP contribution in [0.15, 0.2) is 71.5 Å². The van der Waals surface area contributed by atoms with Gasteiger partial charge in [-0.15, -0.1) is 0 Å². The minimum atomic E-state index is -0.193. The Hall–Kier alpha value is -2.48. The minimum absolute atomic E-state index is 0.110. The highest BCUT2D eigenvalue weighted by molar-refractivity contribution is 9.10. The Kier molecular flexibility index (Phi) is 6.08. The van der Waals surface area contributed by atoms with E-state index in [0.717, 1.165) is 20.3 Å². The molecule has 0 saturated carbocycles. The molecule has 5 nitrogen and oxygen atoms in total. The Morgan fingerprint density at radius 1 is 1.17 bits per heavy atom. The van der Waals surface area contributed by atoms with Gasteiger partial charge in [-0.1, -0.05) is 44.9 Å². The molecule has 4 rings (SSSR count). The van der Waals surface area contributed by atoms with Gasteiger partial charge in [-0.25, -0.2) is 4.98 Å². The average Bonchev–Trinajstić information content (AvgIpc) is 3.15. The summed E-state index contributed by atoms with van der Waals surface area (Å²) >= 11 is 10.8. The van der Waals surface area contributed by atoms with E-state index in [-0.39, 0.29) is 12.5 Å². The van der Waals surface area contributed by atoms with Gasteiger partial charge in [0, 0.05) is 21.9 Å². The van der Waals surface area contributed by atoms with Crippen LogP contribution in [0.25, 0.3) is 10.2 Å². The number of anilines is 1. The van der Waals surface area contributed by atoms with Gasteiger partial charge in [-0.3, -0.25) is 14.7 Å². The standard InChI is InChI=1S/C21H15BrClN3O2S/c22-15-3-8-18-19(10-15)29-21(25-18)26(12-14-2-1-9-24-11-14)20(27)13-28-17-6-4-16(23)5-7-17/h1-11H,12-13H2. The Bertz CT molecular complexity index is 1140. The van der Waals surface area contributed by atoms with Crippen LogP contribution >= 0.6 is 38.9 Å². The molecule has 0 aliphatic carbocycles. The summed E-state index contributed by atoms with van der Waals surface area (Å²) < 4.78 is 7.63. The molecule has 2 aromatic heterocycles. The molecule has 0 fully saturated rings. The van der Waals surface area contributed by atoms with Crippen LogP contribution < -0.4 is 9.64 Å². The number of ether oxygens (including phenoxy) is 1. The van der Waals surface area contributed by atoms with E-state index in [1.807, 2.05) is 30.3 Å². The molecule has 0 radical (unpaired) electrons. The molecule has 0 N–H and O–H groups in total. The molecule has 0 aliphatic rings. The number of fused-ring (bicyclic) bond motifs is 1. The molecule has 2 heterocycles. The lowest BCUT2D eigenvalue weighted by molar-refractivity contribution is -0.120. The zero-order valence-corrected chi connectivity index (χ0v) is 18.2. The van der Waals surface area contributed by atoms with Gasteiger partial charge in [0.15, 0.2) is 11.7 Å². The van der Waals surface area contributed by atoms with Crippen LogP contribution in [0, 0.1) is 0 Å². The fourth-order valence-corrected chi connectivity index (χ4v) is 4.35. The molecular weight excluding hydrogens is 474 g/mol. The second-order valence-corrected chi connectivity index (χ2v) is 8.55. The van der Waals surface area contributed by atoms with Crippen molar-refractivity contribution in [2.45, 2.75) is 6.54 Å². The Morgan fingerprint density at radius 2 is 2.00 bits per heavy atom. The van der Waals surface area contributed by atoms with Crippen LogP contribution in [-0.4, -0.2) is 22.5 Å². The van der Waals surface area contributed by atoms with Gasteiger partial charge in [0.1, 0.15) is 5.75 Å². The van der Waals surface area contributed by atoms with Crippen LogP contribution in [0.1, 0.15) is 5.56 Å². The van der Waals surface area contributed by atoms with Gasteiger partial charge in [-0.2, -0.15) is 0 Å². The van der Waals surface area contributed by atoms with Crippen molar-refractivity contribution in [1.29, 1.82) is 0 Å². The highest BCUT2D eigenvalue weighted by Gasteiger charge is 2.21. The molecule has 146 valence electrons. The summed E-state index contributed by atoms with van der Waals surface area (Å²) in [6.07, 6.45) is 3.44. The predicted octanol–water partition coefficient (Wildman–Crippen LogP) is 5.72. The first-order valence-corrected chi connectivity index (χ1v) is 10.7. The van der Waals surface area contributed by atoms with Gasteiger partial charge >= 0.3 is 0 Å². The van der Waals surface area contributed by atoms with E-state index < -0.39 is 0 Å². The number of nitrogens with zero attached hydrogens (tertiary/aromatic N) is 3. The third kappa shape index (κ3) is 4.93. The summed E-state index contributed by atoms with van der Waals surface area (Å²) in [6.45, 7) is 0.249. The maximum Gasteiger partial charge on any atom is 0.267 e. The molecule has 8 heteroatoms. The summed E-state index contributed by atoms with van der Waals surface area (Å²) in [4.78, 5) is 23.5. The lowest BCUT2D eigenvalue weighted by Gasteiger charge is -2.20. The van der Waals surface area contributed by atoms with Gasteiger partial charge < -0.3 is 4.74 Å². The fourth-order valence-electron chi connectivity index (χ4n) is 2.69. The molecule has 2 aromatic carbocycles. The average molecular weight is 489 g/mol. The van der Waals surface area contributed by atoms with Crippen LogP contribution in [0.3, 0.4) is 0 Å². The number of benzene rings is 2. The largest absolute Gasteiger partial charge is 0.484 e. The summed E-state index contributed by atoms with van der Waals surface area (Å²) in [5, 5.41) is 1.23. The molecule has 1 amide bonds. The Morgan fingerprint density at radius 3 is 2.76 bits per heavy atom. The summed E-state index contributed by atoms with van der Waals surface area (Å²) in [5.41, 5.74) is 1.75. The van der Waals surface area contributed by atoms with Crippen molar-refractivity contribution in [3.8, 4) is 5.75 Å². The molecule has 0 spiro atoms. The number of rotatable bonds is 6. The number of carbonyl (C=O) groups excluding carboxylic acids is 1. The molecule has 0 aliphatic heterocycles. The van der Waals surface area contributed by atoms with E-state index in [2.05, 4.69) is 25.9 Å². The number of hydrogen-bond donors (Lipinski definition) is 0. The maximum absolute atomic E-state index is 13.0. The zero-order chi connectivity index (χ0) is 20.2. The first-order valence-electron chi connectivity index (χ1n) is 8.72. The lowest BCUT2D eigenvalue weighted by Crippen LogP contribution is -2.34. The first-order chi connectivity index (χ1) is 14.1. The quantitative estimate of drug-likeness (QED) is 0.348. The number of hydrogen-bond acceptors (Lipinski definition) is 5.